The first kappa shape index (κ1) is 16.6. The highest BCUT2D eigenvalue weighted by Crippen LogP contribution is 2.40. The van der Waals surface area contributed by atoms with Crippen LogP contribution in [0.4, 0.5) is 0 Å². The van der Waals surface area contributed by atoms with Crippen LogP contribution >= 0.6 is 0 Å². The van der Waals surface area contributed by atoms with Gasteiger partial charge in [0.2, 0.25) is 5.75 Å². The fourth-order valence-corrected chi connectivity index (χ4v) is 2.40. The second-order valence-electron chi connectivity index (χ2n) is 5.69. The van der Waals surface area contributed by atoms with E-state index in [0.717, 1.165) is 30.7 Å². The topological polar surface area (TPSA) is 39.7 Å². The number of nitrogens with one attached hydrogen (secondary N) is 1. The Labute approximate surface area is 122 Å². The molecule has 4 heteroatoms. The Morgan fingerprint density at radius 2 is 1.65 bits per heavy atom. The van der Waals surface area contributed by atoms with Crippen LogP contribution in [0.2, 0.25) is 0 Å². The number of hydrogen-bond acceptors (Lipinski definition) is 4. The van der Waals surface area contributed by atoms with Gasteiger partial charge < -0.3 is 19.5 Å². The third-order valence-electron chi connectivity index (χ3n) is 3.51. The van der Waals surface area contributed by atoms with Gasteiger partial charge in [0.05, 0.1) is 21.3 Å². The lowest BCUT2D eigenvalue weighted by Gasteiger charge is -2.25. The molecule has 0 saturated carbocycles. The molecular weight excluding hydrogens is 254 g/mol. The Hall–Kier alpha value is -1.42. The van der Waals surface area contributed by atoms with Gasteiger partial charge in [-0.05, 0) is 43.5 Å². The third-order valence-corrected chi connectivity index (χ3v) is 3.51. The minimum atomic E-state index is 0.243. The van der Waals surface area contributed by atoms with E-state index >= 15 is 0 Å². The smallest absolute Gasteiger partial charge is 0.203 e. The van der Waals surface area contributed by atoms with Crippen molar-refractivity contribution in [2.75, 3.05) is 34.9 Å². The summed E-state index contributed by atoms with van der Waals surface area (Å²) in [5, 5.41) is 3.24. The number of ether oxygens (including phenoxy) is 3. The number of methoxy groups -OCH3 is 3. The van der Waals surface area contributed by atoms with Crippen LogP contribution in [0.15, 0.2) is 12.1 Å². The molecule has 0 saturated heterocycles. The summed E-state index contributed by atoms with van der Waals surface area (Å²) >= 11 is 0. The fourth-order valence-electron chi connectivity index (χ4n) is 2.40. The zero-order valence-electron chi connectivity index (χ0n) is 13.5. The van der Waals surface area contributed by atoms with Crippen LogP contribution in [0.1, 0.15) is 25.8 Å². The molecule has 0 radical (unpaired) electrons. The van der Waals surface area contributed by atoms with Crippen molar-refractivity contribution in [1.29, 1.82) is 0 Å². The summed E-state index contributed by atoms with van der Waals surface area (Å²) < 4.78 is 16.2. The number of hydrogen-bond donors (Lipinski definition) is 1. The Morgan fingerprint density at radius 3 is 2.15 bits per heavy atom. The van der Waals surface area contributed by atoms with E-state index in [1.165, 1.54) is 0 Å². The van der Waals surface area contributed by atoms with Crippen molar-refractivity contribution >= 4 is 0 Å². The zero-order chi connectivity index (χ0) is 15.2. The lowest BCUT2D eigenvalue weighted by Crippen LogP contribution is -2.27. The summed E-state index contributed by atoms with van der Waals surface area (Å²) in [6.07, 6.45) is 2.01. The zero-order valence-corrected chi connectivity index (χ0v) is 13.5. The lowest BCUT2D eigenvalue weighted by atomic mass is 9.86. The molecule has 0 aliphatic rings. The van der Waals surface area contributed by atoms with Gasteiger partial charge in [-0.25, -0.2) is 0 Å². The molecule has 1 aromatic carbocycles. The van der Waals surface area contributed by atoms with E-state index in [0.29, 0.717) is 11.5 Å². The van der Waals surface area contributed by atoms with Crippen LogP contribution in [0.25, 0.3) is 0 Å². The normalized spacial score (nSPS) is 11.3. The molecule has 0 spiro atoms. The highest BCUT2D eigenvalue weighted by Gasteiger charge is 2.20. The predicted molar refractivity (Wildman–Crippen MR) is 82.1 cm³/mol. The summed E-state index contributed by atoms with van der Waals surface area (Å²) in [7, 11) is 6.92. The van der Waals surface area contributed by atoms with Crippen molar-refractivity contribution in [2.45, 2.75) is 26.7 Å². The average Bonchev–Trinajstić information content (AvgIpc) is 2.43. The van der Waals surface area contributed by atoms with Crippen LogP contribution in [-0.2, 0) is 6.42 Å². The summed E-state index contributed by atoms with van der Waals surface area (Å²) in [5.41, 5.74) is 1.39. The van der Waals surface area contributed by atoms with E-state index in [9.17, 15) is 0 Å². The van der Waals surface area contributed by atoms with Crippen LogP contribution in [0, 0.1) is 5.41 Å². The Bertz CT molecular complexity index is 430. The number of rotatable bonds is 8. The maximum absolute atomic E-state index is 5.51. The molecule has 0 fully saturated rings. The van der Waals surface area contributed by atoms with E-state index in [-0.39, 0.29) is 5.41 Å². The van der Waals surface area contributed by atoms with Gasteiger partial charge in [0.15, 0.2) is 11.5 Å². The molecule has 1 aromatic rings. The van der Waals surface area contributed by atoms with Crippen molar-refractivity contribution in [1.82, 2.24) is 5.32 Å². The molecule has 20 heavy (non-hydrogen) atoms. The van der Waals surface area contributed by atoms with Crippen molar-refractivity contribution in [3.8, 4) is 17.2 Å². The highest BCUT2D eigenvalue weighted by atomic mass is 16.5. The molecular formula is C16H27NO3. The lowest BCUT2D eigenvalue weighted by molar-refractivity contribution is 0.310. The molecule has 0 bridgehead atoms. The van der Waals surface area contributed by atoms with E-state index in [2.05, 4.69) is 25.2 Å². The first-order valence-corrected chi connectivity index (χ1v) is 6.91. The number of benzene rings is 1. The highest BCUT2D eigenvalue weighted by molar-refractivity contribution is 5.55. The van der Waals surface area contributed by atoms with Crippen molar-refractivity contribution in [2.24, 2.45) is 5.41 Å². The molecule has 1 rings (SSSR count). The van der Waals surface area contributed by atoms with Crippen LogP contribution in [0.5, 0.6) is 17.2 Å². The molecule has 0 heterocycles. The molecule has 0 aliphatic carbocycles. The SMILES string of the molecule is CNCC(C)(C)CCc1ccc(OC)c(OC)c1OC. The van der Waals surface area contributed by atoms with E-state index in [4.69, 9.17) is 14.2 Å². The summed E-state index contributed by atoms with van der Waals surface area (Å²) in [5.74, 6) is 2.13. The minimum Gasteiger partial charge on any atom is -0.493 e. The van der Waals surface area contributed by atoms with E-state index in [1.807, 2.05) is 13.1 Å². The fraction of sp³-hybridized carbons (Fsp3) is 0.625. The first-order valence-electron chi connectivity index (χ1n) is 6.91. The Balaban J connectivity index is 2.95. The van der Waals surface area contributed by atoms with Gasteiger partial charge in [-0.3, -0.25) is 0 Å². The van der Waals surface area contributed by atoms with Crippen LogP contribution in [-0.4, -0.2) is 34.9 Å². The first-order chi connectivity index (χ1) is 9.49. The quantitative estimate of drug-likeness (QED) is 0.795. The molecule has 0 atom stereocenters. The molecule has 114 valence electrons. The third kappa shape index (κ3) is 4.04. The number of aryl methyl sites for hydroxylation is 1. The van der Waals surface area contributed by atoms with E-state index in [1.54, 1.807) is 21.3 Å². The maximum atomic E-state index is 5.51. The molecule has 1 N–H and O–H groups in total. The van der Waals surface area contributed by atoms with Gasteiger partial charge in [0.25, 0.3) is 0 Å². The van der Waals surface area contributed by atoms with Crippen molar-refractivity contribution in [3.63, 3.8) is 0 Å². The van der Waals surface area contributed by atoms with Gasteiger partial charge in [-0.1, -0.05) is 19.9 Å². The summed E-state index contributed by atoms with van der Waals surface area (Å²) in [6.45, 7) is 5.51. The van der Waals surface area contributed by atoms with Gasteiger partial charge in [-0.2, -0.15) is 0 Å². The molecule has 0 aromatic heterocycles. The van der Waals surface area contributed by atoms with Gasteiger partial charge in [0, 0.05) is 0 Å². The summed E-state index contributed by atoms with van der Waals surface area (Å²) in [6, 6.07) is 3.98. The van der Waals surface area contributed by atoms with Gasteiger partial charge in [-0.15, -0.1) is 0 Å². The summed E-state index contributed by atoms with van der Waals surface area (Å²) in [4.78, 5) is 0. The maximum Gasteiger partial charge on any atom is 0.203 e. The molecule has 0 unspecified atom stereocenters. The monoisotopic (exact) mass is 281 g/mol. The molecule has 4 nitrogen and oxygen atoms in total. The Kier molecular flexibility index (Phi) is 6.14. The average molecular weight is 281 g/mol. The standard InChI is InChI=1S/C16H27NO3/c1-16(2,11-17-3)10-9-12-7-8-13(18-4)15(20-6)14(12)19-5/h7-8,17H,9-11H2,1-6H3. The van der Waals surface area contributed by atoms with Crippen LogP contribution in [0.3, 0.4) is 0 Å². The minimum absolute atomic E-state index is 0.243. The predicted octanol–water partition coefficient (Wildman–Crippen LogP) is 2.89. The van der Waals surface area contributed by atoms with Gasteiger partial charge in [0.1, 0.15) is 0 Å². The second kappa shape index (κ2) is 7.39. The van der Waals surface area contributed by atoms with Crippen molar-refractivity contribution < 1.29 is 14.2 Å². The second-order valence-corrected chi connectivity index (χ2v) is 5.69. The van der Waals surface area contributed by atoms with Crippen molar-refractivity contribution in [3.05, 3.63) is 17.7 Å². The largest absolute Gasteiger partial charge is 0.493 e. The molecule has 0 aliphatic heterocycles. The Morgan fingerprint density at radius 1 is 1.00 bits per heavy atom. The van der Waals surface area contributed by atoms with E-state index < -0.39 is 0 Å². The van der Waals surface area contributed by atoms with Gasteiger partial charge >= 0.3 is 0 Å². The molecule has 0 amide bonds. The van der Waals surface area contributed by atoms with Crippen LogP contribution < -0.4 is 19.5 Å².